The molecule has 93 heavy (non-hydrogen) atoms. The lowest BCUT2D eigenvalue weighted by molar-refractivity contribution is -0.161. The van der Waals surface area contributed by atoms with Gasteiger partial charge in [0, 0.05) is 25.7 Å². The number of rotatable bonds is 71. The molecule has 0 rings (SSSR count). The molecular formula is C74H144O17P2. The maximum absolute atomic E-state index is 13.1. The molecular weight excluding hydrogens is 1220 g/mol. The largest absolute Gasteiger partial charge is 0.472 e. The summed E-state index contributed by atoms with van der Waals surface area (Å²) in [4.78, 5) is 72.7. The lowest BCUT2D eigenvalue weighted by Gasteiger charge is -2.21. The van der Waals surface area contributed by atoms with Crippen LogP contribution >= 0.6 is 15.6 Å². The first kappa shape index (κ1) is 91.1. The van der Waals surface area contributed by atoms with Crippen molar-refractivity contribution in [1.29, 1.82) is 0 Å². The Morgan fingerprint density at radius 2 is 0.516 bits per heavy atom. The maximum atomic E-state index is 13.1. The average molecular weight is 1370 g/mol. The number of aliphatic hydroxyl groups is 1. The summed E-state index contributed by atoms with van der Waals surface area (Å²) in [6.45, 7) is 14.2. The van der Waals surface area contributed by atoms with Crippen molar-refractivity contribution in [1.82, 2.24) is 0 Å². The Labute approximate surface area is 568 Å². The SMILES string of the molecule is CCC(C)CCCCCCCCCCCCC(=O)O[C@H](COC(=O)CCCCCCCCCCCCCCC(C)C)COP(=O)(O)OC[C@@H](O)COP(=O)(O)OC[C@@H](COC(=O)CCCCCCCCC(C)C)OC(=O)CCCCCCCCCCCCCCC(C)C. The van der Waals surface area contributed by atoms with E-state index in [0.717, 1.165) is 114 Å². The number of unbranched alkanes of at least 4 members (excludes halogenated alkanes) is 36. The Kier molecular flexibility index (Phi) is 62.2. The van der Waals surface area contributed by atoms with Crippen LogP contribution in [0.5, 0.6) is 0 Å². The number of hydrogen-bond donors (Lipinski definition) is 3. The van der Waals surface area contributed by atoms with Gasteiger partial charge in [-0.1, -0.05) is 319 Å². The number of phosphoric acid groups is 2. The molecule has 0 saturated heterocycles. The van der Waals surface area contributed by atoms with Crippen molar-refractivity contribution in [3.63, 3.8) is 0 Å². The van der Waals surface area contributed by atoms with Crippen LogP contribution < -0.4 is 0 Å². The Hall–Kier alpha value is -1.94. The molecule has 0 heterocycles. The van der Waals surface area contributed by atoms with Crippen LogP contribution in [0, 0.1) is 23.7 Å². The molecule has 0 aromatic heterocycles. The van der Waals surface area contributed by atoms with Gasteiger partial charge in [-0.3, -0.25) is 37.3 Å². The first-order chi connectivity index (χ1) is 44.6. The van der Waals surface area contributed by atoms with Crippen molar-refractivity contribution >= 4 is 39.5 Å². The van der Waals surface area contributed by atoms with Crippen LogP contribution in [0.15, 0.2) is 0 Å². The van der Waals surface area contributed by atoms with Gasteiger partial charge in [0.1, 0.15) is 19.3 Å². The van der Waals surface area contributed by atoms with E-state index in [4.69, 9.17) is 37.0 Å². The smallest absolute Gasteiger partial charge is 0.462 e. The molecule has 0 radical (unpaired) electrons. The van der Waals surface area contributed by atoms with Gasteiger partial charge in [-0.05, 0) is 49.4 Å². The van der Waals surface area contributed by atoms with E-state index in [1.165, 1.54) is 167 Å². The highest BCUT2D eigenvalue weighted by molar-refractivity contribution is 7.47. The number of carbonyl (C=O) groups is 4. The minimum atomic E-state index is -4.96. The van der Waals surface area contributed by atoms with Crippen LogP contribution in [-0.4, -0.2) is 96.7 Å². The van der Waals surface area contributed by atoms with Crippen LogP contribution in [0.3, 0.4) is 0 Å². The second kappa shape index (κ2) is 63.5. The Morgan fingerprint density at radius 1 is 0.301 bits per heavy atom. The Bertz CT molecular complexity index is 1840. The third-order valence-electron chi connectivity index (χ3n) is 17.4. The summed E-state index contributed by atoms with van der Waals surface area (Å²) in [5.41, 5.74) is 0. The summed E-state index contributed by atoms with van der Waals surface area (Å²) in [5.74, 6) is 0.916. The van der Waals surface area contributed by atoms with E-state index in [1.54, 1.807) is 0 Å². The molecule has 19 heteroatoms. The number of ether oxygens (including phenoxy) is 4. The monoisotopic (exact) mass is 1370 g/mol. The van der Waals surface area contributed by atoms with Crippen molar-refractivity contribution < 1.29 is 80.2 Å². The Balaban J connectivity index is 5.25. The quantitative estimate of drug-likeness (QED) is 0.0222. The molecule has 0 fully saturated rings. The van der Waals surface area contributed by atoms with Gasteiger partial charge in [0.2, 0.25) is 0 Å². The highest BCUT2D eigenvalue weighted by Gasteiger charge is 2.30. The molecule has 0 aliphatic heterocycles. The van der Waals surface area contributed by atoms with Crippen molar-refractivity contribution in [2.75, 3.05) is 39.6 Å². The van der Waals surface area contributed by atoms with Crippen LogP contribution in [0.2, 0.25) is 0 Å². The number of aliphatic hydroxyl groups excluding tert-OH is 1. The fraction of sp³-hybridized carbons (Fsp3) is 0.946. The van der Waals surface area contributed by atoms with E-state index in [1.807, 2.05) is 0 Å². The molecule has 6 atom stereocenters. The molecule has 0 bridgehead atoms. The van der Waals surface area contributed by atoms with E-state index >= 15 is 0 Å². The van der Waals surface area contributed by atoms with Crippen LogP contribution in [0.25, 0.3) is 0 Å². The molecule has 0 aromatic rings. The van der Waals surface area contributed by atoms with Gasteiger partial charge < -0.3 is 33.8 Å². The van der Waals surface area contributed by atoms with Crippen molar-refractivity contribution in [3.8, 4) is 0 Å². The van der Waals surface area contributed by atoms with Crippen molar-refractivity contribution in [3.05, 3.63) is 0 Å². The third kappa shape index (κ3) is 67.0. The number of hydrogen-bond acceptors (Lipinski definition) is 15. The van der Waals surface area contributed by atoms with Crippen LogP contribution in [0.1, 0.15) is 370 Å². The Morgan fingerprint density at radius 3 is 0.763 bits per heavy atom. The van der Waals surface area contributed by atoms with E-state index < -0.39 is 97.5 Å². The molecule has 0 spiro atoms. The zero-order chi connectivity index (χ0) is 68.9. The molecule has 3 N–H and O–H groups in total. The first-order valence-electron chi connectivity index (χ1n) is 38.2. The van der Waals surface area contributed by atoms with Crippen LogP contribution in [0.4, 0.5) is 0 Å². The third-order valence-corrected chi connectivity index (χ3v) is 19.3. The molecule has 0 aliphatic carbocycles. The van der Waals surface area contributed by atoms with Gasteiger partial charge in [-0.2, -0.15) is 0 Å². The van der Waals surface area contributed by atoms with E-state index in [9.17, 15) is 43.2 Å². The summed E-state index contributed by atoms with van der Waals surface area (Å²) in [6.07, 6.45) is 47.2. The van der Waals surface area contributed by atoms with E-state index in [0.29, 0.717) is 31.6 Å². The summed E-state index contributed by atoms with van der Waals surface area (Å²) in [5, 5.41) is 10.6. The number of carbonyl (C=O) groups excluding carboxylic acids is 4. The van der Waals surface area contributed by atoms with Gasteiger partial charge in [0.25, 0.3) is 0 Å². The zero-order valence-electron chi connectivity index (χ0n) is 60.9. The molecule has 17 nitrogen and oxygen atoms in total. The van der Waals surface area contributed by atoms with E-state index in [-0.39, 0.29) is 25.7 Å². The predicted molar refractivity (Wildman–Crippen MR) is 377 cm³/mol. The molecule has 0 saturated carbocycles. The lowest BCUT2D eigenvalue weighted by Crippen LogP contribution is -2.30. The predicted octanol–water partition coefficient (Wildman–Crippen LogP) is 21.3. The van der Waals surface area contributed by atoms with Gasteiger partial charge in [0.05, 0.1) is 26.4 Å². The molecule has 0 aliphatic rings. The summed E-state index contributed by atoms with van der Waals surface area (Å²) >= 11 is 0. The minimum Gasteiger partial charge on any atom is -0.462 e. The molecule has 3 unspecified atom stereocenters. The minimum absolute atomic E-state index is 0.105. The van der Waals surface area contributed by atoms with Crippen LogP contribution in [-0.2, 0) is 65.4 Å². The van der Waals surface area contributed by atoms with Gasteiger partial charge >= 0.3 is 39.5 Å². The highest BCUT2D eigenvalue weighted by Crippen LogP contribution is 2.45. The normalized spacial score (nSPS) is 14.5. The maximum Gasteiger partial charge on any atom is 0.472 e. The standard InChI is InChI=1S/C74H144O17P2/c1-9-67(8)53-45-37-28-22-18-19-25-31-41-49-57-74(79)90-69(60-84-71(76)54-46-38-29-23-16-12-10-14-20-26-34-42-50-64(2)3)62-88-92(80,81)86-58-68(75)59-87-93(82,83)89-63-70(61-85-72(77)55-47-39-33-32-36-44-52-66(6)7)91-73(78)56-48-40-30-24-17-13-11-15-21-27-35-43-51-65(4)5/h64-70,75H,9-63H2,1-8H3,(H,80,81)(H,82,83)/t67?,68-,69-,70-/m1/s1. The average Bonchev–Trinajstić information content (AvgIpc) is 1.80. The summed E-state index contributed by atoms with van der Waals surface area (Å²) in [6, 6.07) is 0. The van der Waals surface area contributed by atoms with Crippen molar-refractivity contribution in [2.45, 2.75) is 388 Å². The summed E-state index contributed by atoms with van der Waals surface area (Å²) in [7, 11) is -9.91. The highest BCUT2D eigenvalue weighted by atomic mass is 31.2. The second-order valence-electron chi connectivity index (χ2n) is 28.4. The number of esters is 4. The van der Waals surface area contributed by atoms with Gasteiger partial charge in [0.15, 0.2) is 12.2 Å². The fourth-order valence-electron chi connectivity index (χ4n) is 11.2. The molecule has 552 valence electrons. The van der Waals surface area contributed by atoms with E-state index in [2.05, 4.69) is 55.4 Å². The topological polar surface area (TPSA) is 237 Å². The molecule has 0 amide bonds. The second-order valence-corrected chi connectivity index (χ2v) is 31.3. The van der Waals surface area contributed by atoms with Crippen molar-refractivity contribution in [2.24, 2.45) is 23.7 Å². The molecule has 0 aromatic carbocycles. The zero-order valence-corrected chi connectivity index (χ0v) is 62.7. The fourth-order valence-corrected chi connectivity index (χ4v) is 12.7. The summed E-state index contributed by atoms with van der Waals surface area (Å²) < 4.78 is 68.4. The number of phosphoric ester groups is 2. The van der Waals surface area contributed by atoms with Gasteiger partial charge in [-0.15, -0.1) is 0 Å². The van der Waals surface area contributed by atoms with Gasteiger partial charge in [-0.25, -0.2) is 9.13 Å². The lowest BCUT2D eigenvalue weighted by atomic mass is 9.99. The first-order valence-corrected chi connectivity index (χ1v) is 41.2.